The van der Waals surface area contributed by atoms with Gasteiger partial charge in [0.1, 0.15) is 0 Å². The lowest BCUT2D eigenvalue weighted by molar-refractivity contribution is -0.154. The third-order valence-corrected chi connectivity index (χ3v) is 3.26. The van der Waals surface area contributed by atoms with E-state index in [9.17, 15) is 9.59 Å². The smallest absolute Gasteiger partial charge is 0.334 e. The number of carbonyl (C=O) groups is 2. The van der Waals surface area contributed by atoms with Gasteiger partial charge in [-0.05, 0) is 12.1 Å². The number of anilines is 2. The Hall–Kier alpha value is -2.28. The first-order valence-corrected chi connectivity index (χ1v) is 6.65. The highest BCUT2D eigenvalue weighted by Crippen LogP contribution is 2.24. The van der Waals surface area contributed by atoms with Crippen LogP contribution in [-0.2, 0) is 9.53 Å². The first-order valence-electron chi connectivity index (χ1n) is 6.65. The second kappa shape index (κ2) is 6.45. The molecule has 114 valence electrons. The van der Waals surface area contributed by atoms with E-state index in [1.54, 1.807) is 0 Å². The van der Waals surface area contributed by atoms with Crippen molar-refractivity contribution in [3.8, 4) is 0 Å². The minimum absolute atomic E-state index is 0.0469. The molecule has 1 aromatic carbocycles. The zero-order valence-corrected chi connectivity index (χ0v) is 12.1. The highest BCUT2D eigenvalue weighted by atomic mass is 16.5. The quantitative estimate of drug-likeness (QED) is 0.871. The summed E-state index contributed by atoms with van der Waals surface area (Å²) in [5.41, 5.74) is 1.57. The number of amides is 2. The van der Waals surface area contributed by atoms with Crippen LogP contribution in [0, 0.1) is 0 Å². The van der Waals surface area contributed by atoms with E-state index in [0.717, 1.165) is 5.69 Å². The van der Waals surface area contributed by atoms with Crippen molar-refractivity contribution in [2.45, 2.75) is 6.10 Å². The van der Waals surface area contributed by atoms with E-state index >= 15 is 0 Å². The number of hydrogen-bond donors (Lipinski definition) is 2. The number of nitrogens with one attached hydrogen (secondary N) is 1. The molecule has 0 aromatic heterocycles. The maximum atomic E-state index is 12.3. The molecule has 1 heterocycles. The zero-order chi connectivity index (χ0) is 15.4. The zero-order valence-electron chi connectivity index (χ0n) is 12.1. The van der Waals surface area contributed by atoms with Crippen LogP contribution in [0.2, 0.25) is 0 Å². The molecular weight excluding hydrogens is 274 g/mol. The van der Waals surface area contributed by atoms with Gasteiger partial charge < -0.3 is 25.0 Å². The van der Waals surface area contributed by atoms with Gasteiger partial charge in [-0.15, -0.1) is 0 Å². The van der Waals surface area contributed by atoms with Gasteiger partial charge in [-0.2, -0.15) is 0 Å². The van der Waals surface area contributed by atoms with Gasteiger partial charge in [-0.3, -0.25) is 0 Å². The molecule has 0 radical (unpaired) electrons. The average Bonchev–Trinajstić information content (AvgIpc) is 2.47. The SMILES string of the molecule is CN(C)c1ccccc1NC(=O)N1CCOC(C(=O)O)C1. The lowest BCUT2D eigenvalue weighted by Crippen LogP contribution is -2.50. The normalized spacial score (nSPS) is 18.2. The number of ether oxygens (including phenoxy) is 1. The Morgan fingerprint density at radius 1 is 1.38 bits per heavy atom. The number of carboxylic acid groups (broad SMARTS) is 1. The Morgan fingerprint density at radius 3 is 2.76 bits per heavy atom. The van der Waals surface area contributed by atoms with Crippen LogP contribution in [-0.4, -0.2) is 61.9 Å². The van der Waals surface area contributed by atoms with E-state index < -0.39 is 12.1 Å². The van der Waals surface area contributed by atoms with Crippen molar-refractivity contribution >= 4 is 23.4 Å². The third-order valence-electron chi connectivity index (χ3n) is 3.26. The van der Waals surface area contributed by atoms with Gasteiger partial charge in [-0.1, -0.05) is 12.1 Å². The van der Waals surface area contributed by atoms with Crippen LogP contribution < -0.4 is 10.2 Å². The lowest BCUT2D eigenvalue weighted by Gasteiger charge is -2.31. The van der Waals surface area contributed by atoms with Crippen LogP contribution in [0.5, 0.6) is 0 Å². The molecule has 0 saturated carbocycles. The molecule has 2 amide bonds. The van der Waals surface area contributed by atoms with Crippen molar-refractivity contribution in [1.29, 1.82) is 0 Å². The van der Waals surface area contributed by atoms with Crippen molar-refractivity contribution in [2.24, 2.45) is 0 Å². The highest BCUT2D eigenvalue weighted by molar-refractivity contribution is 5.93. The Balaban J connectivity index is 2.06. The number of para-hydroxylation sites is 2. The molecule has 1 saturated heterocycles. The number of carbonyl (C=O) groups excluding carboxylic acids is 1. The van der Waals surface area contributed by atoms with Crippen molar-refractivity contribution in [3.63, 3.8) is 0 Å². The number of aliphatic carboxylic acids is 1. The molecule has 1 aliphatic rings. The van der Waals surface area contributed by atoms with Crippen molar-refractivity contribution in [1.82, 2.24) is 4.90 Å². The minimum Gasteiger partial charge on any atom is -0.479 e. The summed E-state index contributed by atoms with van der Waals surface area (Å²) in [4.78, 5) is 26.5. The van der Waals surface area contributed by atoms with Crippen LogP contribution in [0.1, 0.15) is 0 Å². The van der Waals surface area contributed by atoms with Crippen molar-refractivity contribution in [2.75, 3.05) is 44.0 Å². The number of rotatable bonds is 3. The first kappa shape index (κ1) is 15.1. The standard InChI is InChI=1S/C14H19N3O4/c1-16(2)11-6-4-3-5-10(11)15-14(20)17-7-8-21-12(9-17)13(18)19/h3-6,12H,7-9H2,1-2H3,(H,15,20)(H,18,19). The molecule has 1 fully saturated rings. The van der Waals surface area contributed by atoms with Crippen LogP contribution in [0.25, 0.3) is 0 Å². The topological polar surface area (TPSA) is 82.1 Å². The molecule has 1 aromatic rings. The Morgan fingerprint density at radius 2 is 2.10 bits per heavy atom. The minimum atomic E-state index is -1.05. The van der Waals surface area contributed by atoms with Crippen LogP contribution in [0.4, 0.5) is 16.2 Å². The number of urea groups is 1. The van der Waals surface area contributed by atoms with Gasteiger partial charge in [0.15, 0.2) is 6.10 Å². The summed E-state index contributed by atoms with van der Waals surface area (Å²) in [6, 6.07) is 7.11. The summed E-state index contributed by atoms with van der Waals surface area (Å²) in [6.45, 7) is 0.644. The van der Waals surface area contributed by atoms with Gasteiger partial charge >= 0.3 is 12.0 Å². The van der Waals surface area contributed by atoms with E-state index in [4.69, 9.17) is 9.84 Å². The fourth-order valence-electron chi connectivity index (χ4n) is 2.15. The predicted octanol–water partition coefficient (Wildman–Crippen LogP) is 1.07. The monoisotopic (exact) mass is 293 g/mol. The number of hydrogen-bond acceptors (Lipinski definition) is 4. The maximum absolute atomic E-state index is 12.3. The van der Waals surface area contributed by atoms with E-state index in [-0.39, 0.29) is 19.2 Å². The van der Waals surface area contributed by atoms with Gasteiger partial charge in [-0.25, -0.2) is 9.59 Å². The molecule has 21 heavy (non-hydrogen) atoms. The second-order valence-corrected chi connectivity index (χ2v) is 4.99. The largest absolute Gasteiger partial charge is 0.479 e. The fourth-order valence-corrected chi connectivity index (χ4v) is 2.15. The number of benzene rings is 1. The predicted molar refractivity (Wildman–Crippen MR) is 78.7 cm³/mol. The maximum Gasteiger partial charge on any atom is 0.334 e. The second-order valence-electron chi connectivity index (χ2n) is 4.99. The molecule has 0 spiro atoms. The molecule has 1 aliphatic heterocycles. The summed E-state index contributed by atoms with van der Waals surface area (Å²) >= 11 is 0. The molecule has 1 unspecified atom stereocenters. The van der Waals surface area contributed by atoms with Gasteiger partial charge in [0.25, 0.3) is 0 Å². The molecule has 7 heteroatoms. The lowest BCUT2D eigenvalue weighted by atomic mass is 10.2. The summed E-state index contributed by atoms with van der Waals surface area (Å²) in [6.07, 6.45) is -0.964. The van der Waals surface area contributed by atoms with Crippen molar-refractivity contribution < 1.29 is 19.4 Å². The molecule has 0 aliphatic carbocycles. The van der Waals surface area contributed by atoms with E-state index in [0.29, 0.717) is 12.2 Å². The fraction of sp³-hybridized carbons (Fsp3) is 0.429. The Labute approximate surface area is 123 Å². The Bertz CT molecular complexity index is 533. The molecule has 7 nitrogen and oxygen atoms in total. The van der Waals surface area contributed by atoms with Gasteiger partial charge in [0.2, 0.25) is 0 Å². The highest BCUT2D eigenvalue weighted by Gasteiger charge is 2.29. The van der Waals surface area contributed by atoms with Gasteiger partial charge in [0.05, 0.1) is 24.5 Å². The number of morpholine rings is 1. The van der Waals surface area contributed by atoms with E-state index in [2.05, 4.69) is 5.32 Å². The van der Waals surface area contributed by atoms with E-state index in [1.807, 2.05) is 43.3 Å². The Kier molecular flexibility index (Phi) is 4.64. The van der Waals surface area contributed by atoms with Crippen LogP contribution in [0.15, 0.2) is 24.3 Å². The van der Waals surface area contributed by atoms with E-state index in [1.165, 1.54) is 4.90 Å². The number of carboxylic acids is 1. The van der Waals surface area contributed by atoms with Crippen LogP contribution >= 0.6 is 0 Å². The molecule has 1 atom stereocenters. The third kappa shape index (κ3) is 3.63. The number of nitrogens with zero attached hydrogens (tertiary/aromatic N) is 2. The summed E-state index contributed by atoms with van der Waals surface area (Å²) in [5, 5.41) is 11.8. The summed E-state index contributed by atoms with van der Waals surface area (Å²) < 4.78 is 5.10. The summed E-state index contributed by atoms with van der Waals surface area (Å²) in [7, 11) is 3.78. The average molecular weight is 293 g/mol. The first-order chi connectivity index (χ1) is 9.99. The molecule has 0 bridgehead atoms. The summed E-state index contributed by atoms with van der Waals surface area (Å²) in [5.74, 6) is -1.05. The molecular formula is C14H19N3O4. The van der Waals surface area contributed by atoms with Crippen molar-refractivity contribution in [3.05, 3.63) is 24.3 Å². The molecule has 2 N–H and O–H groups in total. The molecule has 2 rings (SSSR count). The van der Waals surface area contributed by atoms with Crippen LogP contribution in [0.3, 0.4) is 0 Å². The van der Waals surface area contributed by atoms with Gasteiger partial charge in [0, 0.05) is 20.6 Å².